The predicted octanol–water partition coefficient (Wildman–Crippen LogP) is 3.75. The van der Waals surface area contributed by atoms with Gasteiger partial charge in [0.05, 0.1) is 11.3 Å². The predicted molar refractivity (Wildman–Crippen MR) is 103 cm³/mol. The lowest BCUT2D eigenvalue weighted by atomic mass is 9.92. The molecule has 2 N–H and O–H groups in total. The molecule has 6 nitrogen and oxygen atoms in total. The molecular weight excluding hydrogens is 382 g/mol. The Morgan fingerprint density at radius 1 is 1.24 bits per heavy atom. The number of fused-ring (bicyclic) bond motifs is 1. The Labute approximate surface area is 167 Å². The summed E-state index contributed by atoms with van der Waals surface area (Å²) >= 11 is 0. The van der Waals surface area contributed by atoms with Crippen LogP contribution >= 0.6 is 0 Å². The number of hydrogen-bond donors (Lipinski definition) is 2. The van der Waals surface area contributed by atoms with Crippen LogP contribution in [0.4, 0.5) is 25.0 Å². The maximum absolute atomic E-state index is 14.2. The van der Waals surface area contributed by atoms with E-state index in [4.69, 9.17) is 9.47 Å². The highest BCUT2D eigenvalue weighted by Crippen LogP contribution is 2.34. The number of piperidine rings is 1. The van der Waals surface area contributed by atoms with Gasteiger partial charge in [0.1, 0.15) is 41.9 Å². The Hall–Kier alpha value is -2.87. The maximum Gasteiger partial charge on any atom is 0.411 e. The zero-order valence-corrected chi connectivity index (χ0v) is 16.0. The lowest BCUT2D eigenvalue weighted by Gasteiger charge is -2.39. The molecule has 2 aliphatic rings. The van der Waals surface area contributed by atoms with Gasteiger partial charge >= 0.3 is 6.09 Å². The molecule has 1 saturated heterocycles. The van der Waals surface area contributed by atoms with Crippen LogP contribution in [0, 0.1) is 18.6 Å². The van der Waals surface area contributed by atoms with Crippen LogP contribution in [0.15, 0.2) is 30.3 Å². The highest BCUT2D eigenvalue weighted by molar-refractivity contribution is 5.88. The largest absolute Gasteiger partial charge is 0.490 e. The van der Waals surface area contributed by atoms with Gasteiger partial charge in [-0.05, 0) is 49.6 Å². The first-order chi connectivity index (χ1) is 13.8. The van der Waals surface area contributed by atoms with Gasteiger partial charge in [-0.15, -0.1) is 0 Å². The smallest absolute Gasteiger partial charge is 0.411 e. The standard InChI is InChI=1S/C21H22F2N2O4/c1-13-9-15(22)19(16(23)10-13)25-7-5-21(27,6-8-25)12-29-18-4-2-3-17-14(18)11-28-20(26)24-17/h2-4,9-10,27H,5-8,11-12H2,1H3,(H,24,26). The van der Waals surface area contributed by atoms with E-state index in [1.165, 1.54) is 12.1 Å². The number of aryl methyl sites for hydroxylation is 1. The average Bonchev–Trinajstić information content (AvgIpc) is 2.67. The summed E-state index contributed by atoms with van der Waals surface area (Å²) in [6.45, 7) is 2.38. The minimum atomic E-state index is -1.12. The molecule has 0 unspecified atom stereocenters. The Morgan fingerprint density at radius 3 is 2.62 bits per heavy atom. The fraction of sp³-hybridized carbons (Fsp3) is 0.381. The highest BCUT2D eigenvalue weighted by Gasteiger charge is 2.35. The van der Waals surface area contributed by atoms with Crippen molar-refractivity contribution in [3.8, 4) is 5.75 Å². The van der Waals surface area contributed by atoms with Crippen molar-refractivity contribution in [2.24, 2.45) is 0 Å². The zero-order valence-electron chi connectivity index (χ0n) is 16.0. The molecule has 0 atom stereocenters. The second-order valence-corrected chi connectivity index (χ2v) is 7.56. The number of carbonyl (C=O) groups is 1. The van der Waals surface area contributed by atoms with Crippen molar-refractivity contribution in [3.05, 3.63) is 53.1 Å². The Kier molecular flexibility index (Phi) is 5.04. The van der Waals surface area contributed by atoms with Gasteiger partial charge in [-0.1, -0.05) is 6.07 Å². The molecule has 4 rings (SSSR count). The molecule has 2 aromatic rings. The van der Waals surface area contributed by atoms with Gasteiger partial charge in [0.25, 0.3) is 0 Å². The summed E-state index contributed by atoms with van der Waals surface area (Å²) in [6, 6.07) is 7.86. The van der Waals surface area contributed by atoms with Crippen molar-refractivity contribution >= 4 is 17.5 Å². The van der Waals surface area contributed by atoms with Gasteiger partial charge in [0, 0.05) is 13.1 Å². The van der Waals surface area contributed by atoms with Gasteiger partial charge < -0.3 is 19.5 Å². The number of anilines is 2. The lowest BCUT2D eigenvalue weighted by molar-refractivity contribution is -0.0247. The van der Waals surface area contributed by atoms with Crippen LogP contribution in [0.3, 0.4) is 0 Å². The lowest BCUT2D eigenvalue weighted by Crippen LogP contribution is -2.48. The zero-order chi connectivity index (χ0) is 20.6. The quantitative estimate of drug-likeness (QED) is 0.812. The fourth-order valence-corrected chi connectivity index (χ4v) is 3.75. The van der Waals surface area contributed by atoms with Crippen molar-refractivity contribution in [2.45, 2.75) is 32.0 Å². The van der Waals surface area contributed by atoms with E-state index in [2.05, 4.69) is 5.32 Å². The number of rotatable bonds is 4. The van der Waals surface area contributed by atoms with Crippen LogP contribution in [0.25, 0.3) is 0 Å². The number of nitrogens with zero attached hydrogens (tertiary/aromatic N) is 1. The third-order valence-electron chi connectivity index (χ3n) is 5.39. The molecular formula is C21H22F2N2O4. The number of amides is 1. The number of hydrogen-bond acceptors (Lipinski definition) is 5. The molecule has 0 spiro atoms. The molecule has 1 fully saturated rings. The molecule has 29 heavy (non-hydrogen) atoms. The van der Waals surface area contributed by atoms with E-state index < -0.39 is 23.3 Å². The monoisotopic (exact) mass is 404 g/mol. The van der Waals surface area contributed by atoms with Crippen LogP contribution in [-0.2, 0) is 11.3 Å². The van der Waals surface area contributed by atoms with Gasteiger partial charge in [-0.25, -0.2) is 13.6 Å². The molecule has 2 aliphatic heterocycles. The molecule has 0 aliphatic carbocycles. The molecule has 0 saturated carbocycles. The second-order valence-electron chi connectivity index (χ2n) is 7.56. The molecule has 0 radical (unpaired) electrons. The third-order valence-corrected chi connectivity index (χ3v) is 5.39. The fourth-order valence-electron chi connectivity index (χ4n) is 3.75. The number of benzene rings is 2. The van der Waals surface area contributed by atoms with Gasteiger partial charge in [-0.2, -0.15) is 0 Å². The van der Waals surface area contributed by atoms with Gasteiger partial charge in [0.2, 0.25) is 0 Å². The van der Waals surface area contributed by atoms with Crippen molar-refractivity contribution in [1.29, 1.82) is 0 Å². The Balaban J connectivity index is 1.41. The van der Waals surface area contributed by atoms with Crippen LogP contribution in [-0.4, -0.2) is 36.5 Å². The number of carbonyl (C=O) groups excluding carboxylic acids is 1. The molecule has 0 aromatic heterocycles. The van der Waals surface area contributed by atoms with Crippen molar-refractivity contribution in [3.63, 3.8) is 0 Å². The van der Waals surface area contributed by atoms with E-state index in [1.54, 1.807) is 30.0 Å². The van der Waals surface area contributed by atoms with Crippen molar-refractivity contribution in [2.75, 3.05) is 29.9 Å². The normalized spacial score (nSPS) is 17.9. The number of nitrogens with one attached hydrogen (secondary N) is 1. The SMILES string of the molecule is Cc1cc(F)c(N2CCC(O)(COc3cccc4c3COC(=O)N4)CC2)c(F)c1. The molecule has 0 bridgehead atoms. The molecule has 2 aromatic carbocycles. The number of ether oxygens (including phenoxy) is 2. The summed E-state index contributed by atoms with van der Waals surface area (Å²) in [5, 5.41) is 13.5. The molecule has 1 amide bonds. The van der Waals surface area contributed by atoms with Gasteiger partial charge in [0.15, 0.2) is 0 Å². The van der Waals surface area contributed by atoms with Crippen LogP contribution in [0.5, 0.6) is 5.75 Å². The summed E-state index contributed by atoms with van der Waals surface area (Å²) in [6.07, 6.45) is 0.0977. The summed E-state index contributed by atoms with van der Waals surface area (Å²) < 4.78 is 39.3. The third kappa shape index (κ3) is 3.98. The van der Waals surface area contributed by atoms with E-state index in [0.29, 0.717) is 48.5 Å². The van der Waals surface area contributed by atoms with Crippen LogP contribution in [0.1, 0.15) is 24.0 Å². The first kappa shape index (κ1) is 19.4. The van der Waals surface area contributed by atoms with Gasteiger partial charge in [-0.3, -0.25) is 5.32 Å². The first-order valence-electron chi connectivity index (χ1n) is 9.46. The Morgan fingerprint density at radius 2 is 1.93 bits per heavy atom. The number of aliphatic hydroxyl groups is 1. The molecule has 2 heterocycles. The maximum atomic E-state index is 14.2. The van der Waals surface area contributed by atoms with E-state index in [9.17, 15) is 18.7 Å². The first-order valence-corrected chi connectivity index (χ1v) is 9.46. The van der Waals surface area contributed by atoms with Crippen molar-refractivity contribution in [1.82, 2.24) is 0 Å². The average molecular weight is 404 g/mol. The van der Waals surface area contributed by atoms with E-state index in [0.717, 1.165) is 0 Å². The minimum absolute atomic E-state index is 0.0318. The topological polar surface area (TPSA) is 71.0 Å². The summed E-state index contributed by atoms with van der Waals surface area (Å²) in [7, 11) is 0. The van der Waals surface area contributed by atoms with E-state index in [1.807, 2.05) is 0 Å². The number of cyclic esters (lactones) is 1. The van der Waals surface area contributed by atoms with Crippen LogP contribution in [0.2, 0.25) is 0 Å². The summed E-state index contributed by atoms with van der Waals surface area (Å²) in [5.41, 5.74) is 0.679. The van der Waals surface area contributed by atoms with Crippen molar-refractivity contribution < 1.29 is 28.2 Å². The molecule has 8 heteroatoms. The second kappa shape index (κ2) is 7.51. The summed E-state index contributed by atoms with van der Waals surface area (Å²) in [5.74, 6) is -0.668. The summed E-state index contributed by atoms with van der Waals surface area (Å²) in [4.78, 5) is 13.0. The van der Waals surface area contributed by atoms with E-state index >= 15 is 0 Å². The van der Waals surface area contributed by atoms with E-state index in [-0.39, 0.29) is 18.9 Å². The molecule has 154 valence electrons. The Bertz CT molecular complexity index is 919. The number of halogens is 2. The van der Waals surface area contributed by atoms with Crippen LogP contribution < -0.4 is 15.0 Å². The highest BCUT2D eigenvalue weighted by atomic mass is 19.1. The minimum Gasteiger partial charge on any atom is -0.490 e.